The second-order valence-electron chi connectivity index (χ2n) is 6.10. The summed E-state index contributed by atoms with van der Waals surface area (Å²) >= 11 is 0. The number of aromatic hydroxyl groups is 1. The van der Waals surface area contributed by atoms with E-state index in [4.69, 9.17) is 0 Å². The summed E-state index contributed by atoms with van der Waals surface area (Å²) in [5.41, 5.74) is 1.97. The molecule has 1 fully saturated rings. The van der Waals surface area contributed by atoms with Gasteiger partial charge in [0.1, 0.15) is 5.75 Å². The molecular weight excluding hydrogens is 236 g/mol. The fourth-order valence-electron chi connectivity index (χ4n) is 3.32. The van der Waals surface area contributed by atoms with Crippen LogP contribution in [-0.2, 0) is 4.79 Å². The van der Waals surface area contributed by atoms with Crippen LogP contribution in [0.3, 0.4) is 0 Å². The van der Waals surface area contributed by atoms with Crippen LogP contribution in [0.25, 0.3) is 6.08 Å². The average molecular weight is 254 g/mol. The van der Waals surface area contributed by atoms with Gasteiger partial charge in [0, 0.05) is 11.5 Å². The molecule has 98 valence electrons. The number of rotatable bonds is 2. The van der Waals surface area contributed by atoms with Crippen LogP contribution in [0.15, 0.2) is 42.0 Å². The van der Waals surface area contributed by atoms with Crippen LogP contribution >= 0.6 is 0 Å². The van der Waals surface area contributed by atoms with E-state index < -0.39 is 0 Å². The van der Waals surface area contributed by atoms with E-state index in [2.05, 4.69) is 13.8 Å². The molecule has 4 rings (SSSR count). The molecule has 0 spiro atoms. The number of hydrogen-bond donors (Lipinski definition) is 1. The minimum Gasteiger partial charge on any atom is -0.507 e. The standard InChI is InChI=1S/C17H18O2/c1-17(2)13-10-14(17)16(19)9-12(13)8-7-11-5-3-4-6-15(11)18/h3-9,13-14,18H,10H2,1-2H3/b8-7+. The van der Waals surface area contributed by atoms with Crippen molar-refractivity contribution in [2.75, 3.05) is 0 Å². The lowest BCUT2D eigenvalue weighted by atomic mass is 9.48. The molecule has 2 unspecified atom stereocenters. The molecule has 1 N–H and O–H groups in total. The average Bonchev–Trinajstić information content (AvgIpc) is 2.36. The van der Waals surface area contributed by atoms with Crippen LogP contribution in [0.2, 0.25) is 0 Å². The summed E-state index contributed by atoms with van der Waals surface area (Å²) < 4.78 is 0. The number of carbonyl (C=O) groups is 1. The third-order valence-corrected chi connectivity index (χ3v) is 4.71. The van der Waals surface area contributed by atoms with Crippen LogP contribution < -0.4 is 0 Å². The van der Waals surface area contributed by atoms with Gasteiger partial charge in [-0.25, -0.2) is 0 Å². The summed E-state index contributed by atoms with van der Waals surface area (Å²) in [6.45, 7) is 4.34. The van der Waals surface area contributed by atoms with Gasteiger partial charge in [-0.2, -0.15) is 0 Å². The van der Waals surface area contributed by atoms with E-state index in [1.54, 1.807) is 18.2 Å². The first kappa shape index (κ1) is 12.2. The van der Waals surface area contributed by atoms with Crippen molar-refractivity contribution in [1.82, 2.24) is 0 Å². The van der Waals surface area contributed by atoms with E-state index in [1.807, 2.05) is 24.3 Å². The van der Waals surface area contributed by atoms with Crippen LogP contribution in [0, 0.1) is 17.3 Å². The maximum Gasteiger partial charge on any atom is 0.159 e. The number of hydrogen-bond acceptors (Lipinski definition) is 2. The first-order valence-corrected chi connectivity index (χ1v) is 6.71. The smallest absolute Gasteiger partial charge is 0.159 e. The highest BCUT2D eigenvalue weighted by Gasteiger charge is 2.54. The largest absolute Gasteiger partial charge is 0.507 e. The van der Waals surface area contributed by atoms with Gasteiger partial charge in [-0.15, -0.1) is 0 Å². The van der Waals surface area contributed by atoms with Crippen molar-refractivity contribution in [3.05, 3.63) is 47.6 Å². The number of allylic oxidation sites excluding steroid dienone is 3. The molecule has 3 aliphatic rings. The van der Waals surface area contributed by atoms with Crippen LogP contribution in [0.1, 0.15) is 25.8 Å². The SMILES string of the molecule is CC1(C)C2CC1C(/C=C/c1ccccc1O)=CC2=O. The molecule has 2 heteroatoms. The van der Waals surface area contributed by atoms with Crippen molar-refractivity contribution >= 4 is 11.9 Å². The van der Waals surface area contributed by atoms with Gasteiger partial charge < -0.3 is 5.11 Å². The second-order valence-corrected chi connectivity index (χ2v) is 6.10. The fraction of sp³-hybridized carbons (Fsp3) is 0.353. The Morgan fingerprint density at radius 2 is 1.95 bits per heavy atom. The number of phenols is 1. The highest BCUT2D eigenvalue weighted by Crippen LogP contribution is 2.58. The van der Waals surface area contributed by atoms with Crippen LogP contribution in [-0.4, -0.2) is 10.9 Å². The van der Waals surface area contributed by atoms with Gasteiger partial charge in [0.15, 0.2) is 5.78 Å². The van der Waals surface area contributed by atoms with Crippen molar-refractivity contribution in [3.63, 3.8) is 0 Å². The monoisotopic (exact) mass is 254 g/mol. The molecule has 2 bridgehead atoms. The number of phenolic OH excluding ortho intramolecular Hbond substituents is 1. The van der Waals surface area contributed by atoms with Gasteiger partial charge in [0.2, 0.25) is 0 Å². The lowest BCUT2D eigenvalue weighted by Gasteiger charge is -2.54. The second kappa shape index (κ2) is 4.09. The first-order chi connectivity index (χ1) is 9.00. The minimum absolute atomic E-state index is 0.0875. The van der Waals surface area contributed by atoms with Crippen LogP contribution in [0.4, 0.5) is 0 Å². The number of benzene rings is 1. The predicted molar refractivity (Wildman–Crippen MR) is 75.6 cm³/mol. The number of ketones is 1. The molecule has 3 aliphatic carbocycles. The van der Waals surface area contributed by atoms with Crippen molar-refractivity contribution in [3.8, 4) is 5.75 Å². The first-order valence-electron chi connectivity index (χ1n) is 6.71. The summed E-state index contributed by atoms with van der Waals surface area (Å²) in [7, 11) is 0. The fourth-order valence-corrected chi connectivity index (χ4v) is 3.32. The molecule has 0 aliphatic heterocycles. The Kier molecular flexibility index (Phi) is 2.63. The molecule has 0 saturated heterocycles. The summed E-state index contributed by atoms with van der Waals surface area (Å²) in [6.07, 6.45) is 6.63. The van der Waals surface area contributed by atoms with E-state index in [0.717, 1.165) is 17.6 Å². The number of carbonyl (C=O) groups excluding carboxylic acids is 1. The summed E-state index contributed by atoms with van der Waals surface area (Å²) in [6, 6.07) is 7.23. The minimum atomic E-state index is 0.0875. The topological polar surface area (TPSA) is 37.3 Å². The third kappa shape index (κ3) is 1.83. The maximum absolute atomic E-state index is 12.0. The van der Waals surface area contributed by atoms with E-state index >= 15 is 0 Å². The van der Waals surface area contributed by atoms with Gasteiger partial charge in [0.05, 0.1) is 0 Å². The highest BCUT2D eigenvalue weighted by molar-refractivity contribution is 5.96. The number of para-hydroxylation sites is 1. The van der Waals surface area contributed by atoms with E-state index in [9.17, 15) is 9.90 Å². The Morgan fingerprint density at radius 1 is 1.21 bits per heavy atom. The Bertz CT molecular complexity index is 593. The van der Waals surface area contributed by atoms with Gasteiger partial charge in [-0.1, -0.05) is 44.2 Å². The summed E-state index contributed by atoms with van der Waals surface area (Å²) in [4.78, 5) is 12.0. The zero-order chi connectivity index (χ0) is 13.6. The van der Waals surface area contributed by atoms with Crippen molar-refractivity contribution in [1.29, 1.82) is 0 Å². The normalized spacial score (nSPS) is 28.1. The molecule has 1 aromatic rings. The van der Waals surface area contributed by atoms with Gasteiger partial charge in [-0.05, 0) is 35.5 Å². The lowest BCUT2D eigenvalue weighted by molar-refractivity contribution is -0.133. The molecule has 0 amide bonds. The van der Waals surface area contributed by atoms with Crippen molar-refractivity contribution < 1.29 is 9.90 Å². The zero-order valence-corrected chi connectivity index (χ0v) is 11.3. The molecule has 19 heavy (non-hydrogen) atoms. The Labute approximate surface area is 113 Å². The predicted octanol–water partition coefficient (Wildman–Crippen LogP) is 3.58. The summed E-state index contributed by atoms with van der Waals surface area (Å²) in [5.74, 6) is 1.20. The van der Waals surface area contributed by atoms with Gasteiger partial charge in [0.25, 0.3) is 0 Å². The van der Waals surface area contributed by atoms with E-state index in [1.165, 1.54) is 0 Å². The van der Waals surface area contributed by atoms with Gasteiger partial charge >= 0.3 is 0 Å². The van der Waals surface area contributed by atoms with Crippen LogP contribution in [0.5, 0.6) is 5.75 Å². The van der Waals surface area contributed by atoms with E-state index in [0.29, 0.717) is 5.92 Å². The Hall–Kier alpha value is -1.83. The molecule has 0 radical (unpaired) electrons. The zero-order valence-electron chi connectivity index (χ0n) is 11.3. The molecule has 0 heterocycles. The highest BCUT2D eigenvalue weighted by atomic mass is 16.3. The molecule has 1 aromatic carbocycles. The third-order valence-electron chi connectivity index (χ3n) is 4.71. The van der Waals surface area contributed by atoms with E-state index in [-0.39, 0.29) is 22.9 Å². The quantitative estimate of drug-likeness (QED) is 0.876. The van der Waals surface area contributed by atoms with Gasteiger partial charge in [-0.3, -0.25) is 4.79 Å². The number of fused-ring (bicyclic) bond motifs is 1. The lowest BCUT2D eigenvalue weighted by Crippen LogP contribution is -2.52. The summed E-state index contributed by atoms with van der Waals surface area (Å²) in [5, 5.41) is 9.73. The van der Waals surface area contributed by atoms with Crippen molar-refractivity contribution in [2.24, 2.45) is 17.3 Å². The maximum atomic E-state index is 12.0. The molecule has 1 saturated carbocycles. The molecule has 2 nitrogen and oxygen atoms in total. The van der Waals surface area contributed by atoms with Crippen molar-refractivity contribution in [2.45, 2.75) is 20.3 Å². The molecular formula is C17H18O2. The Balaban J connectivity index is 1.89. The molecule has 0 aromatic heterocycles. The molecule has 2 atom stereocenters. The Morgan fingerprint density at radius 3 is 2.58 bits per heavy atom.